The summed E-state index contributed by atoms with van der Waals surface area (Å²) in [4.78, 5) is 23.7. The zero-order chi connectivity index (χ0) is 12.1. The Labute approximate surface area is 108 Å². The van der Waals surface area contributed by atoms with Crippen LogP contribution in [0.5, 0.6) is 11.5 Å². The van der Waals surface area contributed by atoms with Gasteiger partial charge in [0.25, 0.3) is 0 Å². The van der Waals surface area contributed by atoms with Gasteiger partial charge in [0.05, 0.1) is 11.1 Å². The molecule has 0 radical (unpaired) electrons. The maximum absolute atomic E-state index is 11.9. The van der Waals surface area contributed by atoms with Gasteiger partial charge < -0.3 is 10.2 Å². The molecule has 1 aromatic rings. The summed E-state index contributed by atoms with van der Waals surface area (Å²) in [6.07, 6.45) is -0.115. The van der Waals surface area contributed by atoms with Crippen molar-refractivity contribution in [3.63, 3.8) is 0 Å². The van der Waals surface area contributed by atoms with Crippen LogP contribution in [0.3, 0.4) is 0 Å². The van der Waals surface area contributed by atoms with E-state index in [1.807, 2.05) is 0 Å². The first-order valence-electron chi connectivity index (χ1n) is 4.35. The van der Waals surface area contributed by atoms with Crippen LogP contribution in [0.4, 0.5) is 0 Å². The van der Waals surface area contributed by atoms with E-state index < -0.39 is 14.8 Å². The lowest BCUT2D eigenvalue weighted by Gasteiger charge is -2.26. The summed E-state index contributed by atoms with van der Waals surface area (Å²) < 4.78 is -1.20. The third-order valence-electron chi connectivity index (χ3n) is 2.38. The number of hydrogen-bond donors (Lipinski definition) is 2. The minimum atomic E-state index is -1.20. The predicted octanol–water partition coefficient (Wildman–Crippen LogP) is 2.35. The molecule has 0 aliphatic heterocycles. The van der Waals surface area contributed by atoms with Crippen LogP contribution in [0.2, 0.25) is 0 Å². The lowest BCUT2D eigenvalue weighted by atomic mass is 9.88. The first-order chi connectivity index (χ1) is 7.34. The van der Waals surface area contributed by atoms with Crippen molar-refractivity contribution in [2.75, 3.05) is 0 Å². The van der Waals surface area contributed by atoms with Crippen LogP contribution in [0.25, 0.3) is 0 Å². The molecule has 0 aromatic heterocycles. The Morgan fingerprint density at radius 2 is 1.56 bits per heavy atom. The number of Topliss-reactive ketones (excluding diaryl/α,β-unsaturated/α-hetero) is 2. The number of phenols is 2. The Morgan fingerprint density at radius 1 is 1.06 bits per heavy atom. The molecule has 0 fully saturated rings. The van der Waals surface area contributed by atoms with E-state index in [0.717, 1.165) is 0 Å². The molecule has 2 rings (SSSR count). The average Bonchev–Trinajstić information content (AvgIpc) is 2.17. The van der Waals surface area contributed by atoms with Gasteiger partial charge >= 0.3 is 0 Å². The first kappa shape index (κ1) is 11.6. The van der Waals surface area contributed by atoms with Gasteiger partial charge in [0.2, 0.25) is 0 Å². The minimum Gasteiger partial charge on any atom is -0.507 e. The smallest absolute Gasteiger partial charge is 0.195 e. The standard InChI is InChI=1S/C10H6Br2O4/c11-10(12)3-6(15)7-4(13)1-2-5(14)8(7)9(10)16/h1-2,13-14H,3H2. The van der Waals surface area contributed by atoms with Crippen molar-refractivity contribution in [1.82, 2.24) is 0 Å². The fourth-order valence-electron chi connectivity index (χ4n) is 1.65. The molecule has 0 bridgehead atoms. The van der Waals surface area contributed by atoms with Crippen LogP contribution < -0.4 is 0 Å². The number of halogens is 2. The fourth-order valence-corrected chi connectivity index (χ4v) is 2.55. The fraction of sp³-hybridized carbons (Fsp3) is 0.200. The van der Waals surface area contributed by atoms with Gasteiger partial charge in [-0.2, -0.15) is 0 Å². The summed E-state index contributed by atoms with van der Waals surface area (Å²) in [5, 5.41) is 19.1. The third kappa shape index (κ3) is 1.56. The molecule has 0 heterocycles. The van der Waals surface area contributed by atoms with Gasteiger partial charge in [0.1, 0.15) is 11.5 Å². The van der Waals surface area contributed by atoms with E-state index in [4.69, 9.17) is 0 Å². The van der Waals surface area contributed by atoms with E-state index in [1.54, 1.807) is 0 Å². The van der Waals surface area contributed by atoms with Crippen molar-refractivity contribution in [1.29, 1.82) is 0 Å². The molecule has 1 aromatic carbocycles. The number of fused-ring (bicyclic) bond motifs is 1. The molecule has 84 valence electrons. The second-order valence-corrected chi connectivity index (χ2v) is 7.26. The molecule has 0 atom stereocenters. The van der Waals surface area contributed by atoms with Crippen LogP contribution >= 0.6 is 31.9 Å². The van der Waals surface area contributed by atoms with Crippen molar-refractivity contribution in [3.8, 4) is 11.5 Å². The largest absolute Gasteiger partial charge is 0.507 e. The minimum absolute atomic E-state index is 0.112. The van der Waals surface area contributed by atoms with E-state index in [9.17, 15) is 19.8 Å². The highest BCUT2D eigenvalue weighted by molar-refractivity contribution is 9.26. The SMILES string of the molecule is O=C1CC(Br)(Br)C(=O)c2c(O)ccc(O)c21. The van der Waals surface area contributed by atoms with Crippen LogP contribution in [0.15, 0.2) is 12.1 Å². The highest BCUT2D eigenvalue weighted by atomic mass is 79.9. The number of carbonyl (C=O) groups is 2. The Bertz CT molecular complexity index is 508. The zero-order valence-electron chi connectivity index (χ0n) is 7.83. The molecule has 1 aliphatic rings. The molecule has 0 unspecified atom stereocenters. The number of phenolic OH excluding ortho intramolecular Hbond substituents is 2. The molecule has 0 amide bonds. The van der Waals surface area contributed by atoms with Crippen molar-refractivity contribution in [2.45, 2.75) is 9.65 Å². The average molecular weight is 350 g/mol. The molecular weight excluding hydrogens is 344 g/mol. The van der Waals surface area contributed by atoms with Gasteiger partial charge in [0, 0.05) is 6.42 Å². The van der Waals surface area contributed by atoms with Crippen molar-refractivity contribution in [2.24, 2.45) is 0 Å². The second kappa shape index (κ2) is 3.56. The highest BCUT2D eigenvalue weighted by Gasteiger charge is 2.44. The number of benzene rings is 1. The molecule has 2 N–H and O–H groups in total. The van der Waals surface area contributed by atoms with Crippen LogP contribution in [-0.2, 0) is 0 Å². The van der Waals surface area contributed by atoms with Crippen LogP contribution in [0, 0.1) is 0 Å². The van der Waals surface area contributed by atoms with E-state index in [1.165, 1.54) is 12.1 Å². The monoisotopic (exact) mass is 348 g/mol. The molecule has 1 aliphatic carbocycles. The summed E-state index contributed by atoms with van der Waals surface area (Å²) >= 11 is 6.16. The third-order valence-corrected chi connectivity index (χ3v) is 3.66. The lowest BCUT2D eigenvalue weighted by Crippen LogP contribution is -2.34. The van der Waals surface area contributed by atoms with Crippen LogP contribution in [0.1, 0.15) is 27.1 Å². The zero-order valence-corrected chi connectivity index (χ0v) is 11.0. The first-order valence-corrected chi connectivity index (χ1v) is 5.94. The topological polar surface area (TPSA) is 74.6 Å². The van der Waals surface area contributed by atoms with Crippen LogP contribution in [-0.4, -0.2) is 25.0 Å². The van der Waals surface area contributed by atoms with Crippen molar-refractivity contribution in [3.05, 3.63) is 23.3 Å². The van der Waals surface area contributed by atoms with Crippen molar-refractivity contribution < 1.29 is 19.8 Å². The molecule has 4 nitrogen and oxygen atoms in total. The number of hydrogen-bond acceptors (Lipinski definition) is 4. The van der Waals surface area contributed by atoms with Gasteiger partial charge in [0.15, 0.2) is 14.8 Å². The van der Waals surface area contributed by atoms with E-state index in [0.29, 0.717) is 0 Å². The summed E-state index contributed by atoms with van der Waals surface area (Å²) in [6.45, 7) is 0. The van der Waals surface area contributed by atoms with Gasteiger partial charge in [-0.15, -0.1) is 0 Å². The molecule has 0 saturated heterocycles. The van der Waals surface area contributed by atoms with Gasteiger partial charge in [-0.3, -0.25) is 9.59 Å². The number of ketones is 2. The molecule has 6 heteroatoms. The number of aromatic hydroxyl groups is 2. The number of alkyl halides is 2. The molecule has 0 saturated carbocycles. The van der Waals surface area contributed by atoms with Gasteiger partial charge in [-0.1, -0.05) is 31.9 Å². The normalized spacial score (nSPS) is 18.4. The Morgan fingerprint density at radius 3 is 2.12 bits per heavy atom. The number of carbonyl (C=O) groups excluding carboxylic acids is 2. The Balaban J connectivity index is 2.78. The lowest BCUT2D eigenvalue weighted by molar-refractivity contribution is 0.0885. The van der Waals surface area contributed by atoms with E-state index in [2.05, 4.69) is 31.9 Å². The number of rotatable bonds is 0. The summed E-state index contributed by atoms with van der Waals surface area (Å²) in [7, 11) is 0. The van der Waals surface area contributed by atoms with Gasteiger partial charge in [-0.25, -0.2) is 0 Å². The highest BCUT2D eigenvalue weighted by Crippen LogP contribution is 2.45. The quantitative estimate of drug-likeness (QED) is 0.557. The van der Waals surface area contributed by atoms with E-state index in [-0.39, 0.29) is 29.0 Å². The molecule has 16 heavy (non-hydrogen) atoms. The molecule has 0 spiro atoms. The van der Waals surface area contributed by atoms with Gasteiger partial charge in [-0.05, 0) is 12.1 Å². The maximum atomic E-state index is 11.9. The molecular formula is C10H6Br2O4. The second-order valence-electron chi connectivity index (χ2n) is 3.49. The summed E-state index contributed by atoms with van der Waals surface area (Å²) in [6, 6.07) is 2.37. The summed E-state index contributed by atoms with van der Waals surface area (Å²) in [5.74, 6) is -1.48. The van der Waals surface area contributed by atoms with E-state index >= 15 is 0 Å². The Kier molecular flexibility index (Phi) is 2.58. The summed E-state index contributed by atoms with van der Waals surface area (Å²) in [5.41, 5.74) is -0.260. The Hall–Kier alpha value is -0.880. The predicted molar refractivity (Wildman–Crippen MR) is 63.6 cm³/mol. The van der Waals surface area contributed by atoms with Crippen molar-refractivity contribution >= 4 is 43.4 Å². The maximum Gasteiger partial charge on any atom is 0.195 e.